The molecule has 0 amide bonds. The van der Waals surface area contributed by atoms with Crippen molar-refractivity contribution in [3.05, 3.63) is 124 Å². The first-order valence-electron chi connectivity index (χ1n) is 16.0. The van der Waals surface area contributed by atoms with Crippen LogP contribution in [0.2, 0.25) is 0 Å². The summed E-state index contributed by atoms with van der Waals surface area (Å²) < 4.78 is 35.4. The lowest BCUT2D eigenvalue weighted by atomic mass is 9.87. The van der Waals surface area contributed by atoms with E-state index >= 15 is 0 Å². The summed E-state index contributed by atoms with van der Waals surface area (Å²) in [5.74, 6) is -2.49. The average Bonchev–Trinajstić information content (AvgIpc) is 3.73. The van der Waals surface area contributed by atoms with Crippen LogP contribution in [0.3, 0.4) is 0 Å². The second-order valence-corrected chi connectivity index (χ2v) is 11.8. The molecule has 0 aliphatic carbocycles. The Kier molecular flexibility index (Phi) is 10.5. The molecule has 0 spiro atoms. The van der Waals surface area contributed by atoms with Crippen LogP contribution in [-0.2, 0) is 31.2 Å². The van der Waals surface area contributed by atoms with E-state index in [9.17, 15) is 24.3 Å². The molecule has 1 atom stereocenters. The lowest BCUT2D eigenvalue weighted by molar-refractivity contribution is -0.185. The number of hydrogen-bond donors (Lipinski definition) is 1. The number of carbonyl (C=O) groups is 4. The van der Waals surface area contributed by atoms with Crippen molar-refractivity contribution in [3.8, 4) is 11.5 Å². The highest BCUT2D eigenvalue weighted by molar-refractivity contribution is 7.00. The molecule has 13 heteroatoms. The topological polar surface area (TPSA) is 160 Å². The first kappa shape index (κ1) is 34.9. The van der Waals surface area contributed by atoms with E-state index in [2.05, 4.69) is 8.75 Å². The smallest absolute Gasteiger partial charge is 0.342 e. The maximum Gasteiger partial charge on any atom is 0.342 e. The van der Waals surface area contributed by atoms with Crippen molar-refractivity contribution >= 4 is 52.5 Å². The third kappa shape index (κ3) is 7.49. The number of ether oxygens (including phenoxy) is 5. The predicted molar refractivity (Wildman–Crippen MR) is 186 cm³/mol. The zero-order chi connectivity index (χ0) is 36.0. The molecule has 7 rings (SSSR count). The van der Waals surface area contributed by atoms with E-state index in [1.165, 1.54) is 0 Å². The van der Waals surface area contributed by atoms with E-state index in [0.717, 1.165) is 23.6 Å². The van der Waals surface area contributed by atoms with Crippen LogP contribution in [0.25, 0.3) is 16.6 Å². The molecule has 2 aliphatic rings. The van der Waals surface area contributed by atoms with Crippen LogP contribution in [0.1, 0.15) is 61.6 Å². The highest BCUT2D eigenvalue weighted by Gasteiger charge is 2.48. The Bertz CT molecular complexity index is 2130. The second kappa shape index (κ2) is 15.3. The number of cyclic esters (lactones) is 1. The Labute approximate surface area is 296 Å². The van der Waals surface area contributed by atoms with E-state index < -0.39 is 17.7 Å². The summed E-state index contributed by atoms with van der Waals surface area (Å²) in [6.45, 7) is 4.92. The van der Waals surface area contributed by atoms with Crippen molar-refractivity contribution in [2.45, 2.75) is 26.1 Å². The molecule has 0 radical (unpaired) electrons. The van der Waals surface area contributed by atoms with Gasteiger partial charge in [0.1, 0.15) is 30.5 Å². The number of fused-ring (bicyclic) bond motifs is 2. The average molecular weight is 709 g/mol. The van der Waals surface area contributed by atoms with E-state index in [1.54, 1.807) is 98.8 Å². The van der Waals surface area contributed by atoms with E-state index in [1.807, 2.05) is 0 Å². The molecule has 5 aromatic rings. The molecule has 260 valence electrons. The molecule has 1 unspecified atom stereocenters. The third-order valence-electron chi connectivity index (χ3n) is 8.04. The van der Waals surface area contributed by atoms with Gasteiger partial charge in [-0.1, -0.05) is 30.3 Å². The van der Waals surface area contributed by atoms with Crippen LogP contribution in [0.5, 0.6) is 11.5 Å². The zero-order valence-electron chi connectivity index (χ0n) is 27.6. The van der Waals surface area contributed by atoms with Gasteiger partial charge >= 0.3 is 17.9 Å². The highest BCUT2D eigenvalue weighted by Crippen LogP contribution is 2.47. The van der Waals surface area contributed by atoms with E-state index in [0.29, 0.717) is 75.7 Å². The molecule has 12 nitrogen and oxygen atoms in total. The predicted octanol–water partition coefficient (Wildman–Crippen LogP) is 5.71. The minimum absolute atomic E-state index is 0.169. The fourth-order valence-corrected chi connectivity index (χ4v) is 6.07. The fourth-order valence-electron chi connectivity index (χ4n) is 5.55. The number of carbonyl (C=O) groups excluding carboxylic acids is 4. The van der Waals surface area contributed by atoms with Gasteiger partial charge in [0.15, 0.2) is 11.5 Å². The Balaban J connectivity index is 0.000000292. The normalized spacial score (nSPS) is 16.2. The van der Waals surface area contributed by atoms with Gasteiger partial charge in [-0.25, -0.2) is 14.4 Å². The van der Waals surface area contributed by atoms with E-state index in [4.69, 9.17) is 23.7 Å². The van der Waals surface area contributed by atoms with Crippen LogP contribution < -0.4 is 9.47 Å². The van der Waals surface area contributed by atoms with Crippen LogP contribution in [-0.4, -0.2) is 64.5 Å². The first-order chi connectivity index (χ1) is 24.7. The molecule has 0 fully saturated rings. The van der Waals surface area contributed by atoms with Gasteiger partial charge in [-0.3, -0.25) is 4.79 Å². The number of hydrogen-bond acceptors (Lipinski definition) is 13. The summed E-state index contributed by atoms with van der Waals surface area (Å²) in [6.07, 6.45) is 0.900. The number of rotatable bonds is 9. The summed E-state index contributed by atoms with van der Waals surface area (Å²) in [4.78, 5) is 46.9. The second-order valence-electron chi connectivity index (χ2n) is 11.3. The summed E-state index contributed by atoms with van der Waals surface area (Å²) >= 11 is 1.08. The van der Waals surface area contributed by atoms with Crippen LogP contribution in [0.4, 0.5) is 0 Å². The van der Waals surface area contributed by atoms with Gasteiger partial charge in [-0.2, -0.15) is 8.75 Å². The SMILES string of the molecule is CCOC(=O)c1ccc(C=O)cc1.CCOC(=O)c1ccc(CC2=C(c3ccc4nsnc4c3)C(=O)OC2(O)c2ccc3c(c2)OCCO3)cc1. The summed E-state index contributed by atoms with van der Waals surface area (Å²) in [5, 5.41) is 12.0. The van der Waals surface area contributed by atoms with E-state index in [-0.39, 0.29) is 24.6 Å². The number of aliphatic hydroxyl groups is 1. The Morgan fingerprint density at radius 3 is 2.10 bits per heavy atom. The van der Waals surface area contributed by atoms with Crippen molar-refractivity contribution in [1.82, 2.24) is 8.75 Å². The molecule has 0 saturated carbocycles. The molecule has 3 heterocycles. The Morgan fingerprint density at radius 1 is 0.824 bits per heavy atom. The van der Waals surface area contributed by atoms with Crippen molar-refractivity contribution in [2.24, 2.45) is 0 Å². The van der Waals surface area contributed by atoms with Crippen LogP contribution in [0, 0.1) is 0 Å². The number of aromatic nitrogens is 2. The Morgan fingerprint density at radius 2 is 1.45 bits per heavy atom. The number of esters is 3. The first-order valence-corrected chi connectivity index (χ1v) is 16.8. The molecular weight excluding hydrogens is 676 g/mol. The standard InChI is InChI=1S/C28H22N2O7S.C10H10O3/c1-2-34-26(31)17-5-3-16(4-6-17)13-20-25(18-7-9-21-22(14-18)30-38-29-21)27(32)37-28(20,33)19-8-10-23-24(15-19)36-12-11-35-23;1-2-13-10(12)9-5-3-8(7-11)4-6-9/h3-10,14-15,33H,2,11-13H2,1H3;3-7H,2H2,1H3. The molecule has 2 aliphatic heterocycles. The maximum absolute atomic E-state index is 13.4. The molecule has 51 heavy (non-hydrogen) atoms. The molecule has 1 N–H and O–H groups in total. The quantitative estimate of drug-likeness (QED) is 0.113. The lowest BCUT2D eigenvalue weighted by Gasteiger charge is -2.27. The van der Waals surface area contributed by atoms with Gasteiger partial charge in [-0.15, -0.1) is 0 Å². The van der Waals surface area contributed by atoms with Crippen molar-refractivity contribution in [1.29, 1.82) is 0 Å². The molecule has 0 bridgehead atoms. The molecule has 4 aromatic carbocycles. The van der Waals surface area contributed by atoms with Gasteiger partial charge in [0.25, 0.3) is 5.79 Å². The van der Waals surface area contributed by atoms with Crippen molar-refractivity contribution in [2.75, 3.05) is 26.4 Å². The van der Waals surface area contributed by atoms with Gasteiger partial charge in [0.2, 0.25) is 0 Å². The number of nitrogens with zero attached hydrogens (tertiary/aromatic N) is 2. The molecular formula is C38H32N2O10S. The van der Waals surface area contributed by atoms with Gasteiger partial charge in [0, 0.05) is 23.1 Å². The largest absolute Gasteiger partial charge is 0.486 e. The summed E-state index contributed by atoms with van der Waals surface area (Å²) in [6, 6.07) is 23.4. The molecule has 0 saturated heterocycles. The zero-order valence-corrected chi connectivity index (χ0v) is 28.4. The van der Waals surface area contributed by atoms with Crippen LogP contribution >= 0.6 is 11.7 Å². The lowest BCUT2D eigenvalue weighted by Crippen LogP contribution is -2.30. The minimum atomic E-state index is -2.06. The third-order valence-corrected chi connectivity index (χ3v) is 8.59. The van der Waals surface area contributed by atoms with Gasteiger partial charge in [0.05, 0.1) is 41.6 Å². The minimum Gasteiger partial charge on any atom is -0.486 e. The fraction of sp³-hybridized carbons (Fsp3) is 0.211. The number of benzene rings is 4. The van der Waals surface area contributed by atoms with Gasteiger partial charge < -0.3 is 28.8 Å². The monoisotopic (exact) mass is 708 g/mol. The van der Waals surface area contributed by atoms with Crippen LogP contribution in [0.15, 0.2) is 90.5 Å². The van der Waals surface area contributed by atoms with Crippen molar-refractivity contribution < 1.29 is 48.0 Å². The summed E-state index contributed by atoms with van der Waals surface area (Å²) in [5.41, 5.74) is 5.02. The summed E-state index contributed by atoms with van der Waals surface area (Å²) in [7, 11) is 0. The Hall–Kier alpha value is -5.92. The maximum atomic E-state index is 13.4. The highest BCUT2D eigenvalue weighted by atomic mass is 32.1. The molecule has 1 aromatic heterocycles. The van der Waals surface area contributed by atoms with Gasteiger partial charge in [-0.05, 0) is 79.6 Å². The number of aldehydes is 1. The van der Waals surface area contributed by atoms with Crippen molar-refractivity contribution in [3.63, 3.8) is 0 Å².